The minimum atomic E-state index is -3.06. The molecule has 21 heavy (non-hydrogen) atoms. The summed E-state index contributed by atoms with van der Waals surface area (Å²) in [5.74, 6) is -0.113. The molecule has 0 aromatic heterocycles. The van der Waals surface area contributed by atoms with E-state index in [9.17, 15) is 13.2 Å². The molecule has 0 radical (unpaired) electrons. The van der Waals surface area contributed by atoms with Crippen molar-refractivity contribution >= 4 is 15.7 Å². The molecular formula is C15H24N2O3S. The lowest BCUT2D eigenvalue weighted by molar-refractivity contribution is -0.125. The number of carbonyl (C=O) groups excluding carboxylic acids is 1. The molecular weight excluding hydrogens is 288 g/mol. The van der Waals surface area contributed by atoms with E-state index >= 15 is 0 Å². The normalized spacial score (nSPS) is 13.2. The Bertz CT molecular complexity index is 582. The lowest BCUT2D eigenvalue weighted by Crippen LogP contribution is -2.39. The Morgan fingerprint density at radius 3 is 2.52 bits per heavy atom. The summed E-state index contributed by atoms with van der Waals surface area (Å²) in [6.45, 7) is 3.72. The molecule has 6 heteroatoms. The van der Waals surface area contributed by atoms with Gasteiger partial charge in [-0.15, -0.1) is 0 Å². The Balaban J connectivity index is 2.76. The molecule has 0 aliphatic heterocycles. The summed E-state index contributed by atoms with van der Waals surface area (Å²) in [6, 6.07) is 7.33. The SMILES string of the molecule is CCS(=O)(=O)CCNC(=O)[C@@H](c1cccc(C)c1)N(C)C. The summed E-state index contributed by atoms with van der Waals surface area (Å²) in [7, 11) is 0.597. The lowest BCUT2D eigenvalue weighted by Gasteiger charge is -2.24. The summed E-state index contributed by atoms with van der Waals surface area (Å²) in [5, 5.41) is 2.71. The molecule has 1 rings (SSSR count). The van der Waals surface area contributed by atoms with Crippen LogP contribution in [0.2, 0.25) is 0 Å². The van der Waals surface area contributed by atoms with E-state index in [2.05, 4.69) is 5.32 Å². The van der Waals surface area contributed by atoms with Crippen LogP contribution in [0.5, 0.6) is 0 Å². The Hall–Kier alpha value is -1.40. The molecule has 0 spiro atoms. The minimum Gasteiger partial charge on any atom is -0.353 e. The molecule has 0 aliphatic rings. The molecule has 1 aromatic rings. The quantitative estimate of drug-likeness (QED) is 0.820. The van der Waals surface area contributed by atoms with E-state index in [4.69, 9.17) is 0 Å². The number of benzene rings is 1. The highest BCUT2D eigenvalue weighted by atomic mass is 32.2. The van der Waals surface area contributed by atoms with Gasteiger partial charge in [-0.05, 0) is 26.6 Å². The maximum atomic E-state index is 12.3. The molecule has 0 fully saturated rings. The summed E-state index contributed by atoms with van der Waals surface area (Å²) in [6.07, 6.45) is 0. The van der Waals surface area contributed by atoms with Crippen molar-refractivity contribution in [3.8, 4) is 0 Å². The number of nitrogens with one attached hydrogen (secondary N) is 1. The van der Waals surface area contributed by atoms with Crippen LogP contribution in [0.25, 0.3) is 0 Å². The molecule has 1 amide bonds. The Kier molecular flexibility index (Phi) is 6.36. The van der Waals surface area contributed by atoms with Crippen LogP contribution in [-0.2, 0) is 14.6 Å². The van der Waals surface area contributed by atoms with Gasteiger partial charge >= 0.3 is 0 Å². The molecule has 5 nitrogen and oxygen atoms in total. The van der Waals surface area contributed by atoms with Gasteiger partial charge in [-0.25, -0.2) is 8.42 Å². The van der Waals surface area contributed by atoms with E-state index in [1.165, 1.54) is 0 Å². The van der Waals surface area contributed by atoms with Gasteiger partial charge in [-0.2, -0.15) is 0 Å². The Labute approximate surface area is 127 Å². The van der Waals surface area contributed by atoms with Crippen molar-refractivity contribution in [2.24, 2.45) is 0 Å². The van der Waals surface area contributed by atoms with Gasteiger partial charge < -0.3 is 5.32 Å². The number of sulfone groups is 1. The van der Waals surface area contributed by atoms with Crippen LogP contribution in [0.15, 0.2) is 24.3 Å². The topological polar surface area (TPSA) is 66.5 Å². The van der Waals surface area contributed by atoms with Crippen LogP contribution in [0, 0.1) is 6.92 Å². The first-order valence-electron chi connectivity index (χ1n) is 6.98. The smallest absolute Gasteiger partial charge is 0.241 e. The third-order valence-corrected chi connectivity index (χ3v) is 4.98. The number of nitrogens with zero attached hydrogens (tertiary/aromatic N) is 1. The summed E-state index contributed by atoms with van der Waals surface area (Å²) < 4.78 is 22.9. The van der Waals surface area contributed by atoms with Crippen molar-refractivity contribution in [1.82, 2.24) is 10.2 Å². The second kappa shape index (κ2) is 7.56. The zero-order valence-corrected chi connectivity index (χ0v) is 13.9. The van der Waals surface area contributed by atoms with Gasteiger partial charge in [0, 0.05) is 12.3 Å². The number of aryl methyl sites for hydroxylation is 1. The number of amides is 1. The molecule has 1 N–H and O–H groups in total. The van der Waals surface area contributed by atoms with Crippen LogP contribution < -0.4 is 5.32 Å². The fourth-order valence-electron chi connectivity index (χ4n) is 2.09. The van der Waals surface area contributed by atoms with Crippen molar-refractivity contribution < 1.29 is 13.2 Å². The van der Waals surface area contributed by atoms with Gasteiger partial charge in [0.15, 0.2) is 9.84 Å². The lowest BCUT2D eigenvalue weighted by atomic mass is 10.0. The second-order valence-corrected chi connectivity index (χ2v) is 7.78. The molecule has 0 heterocycles. The largest absolute Gasteiger partial charge is 0.353 e. The molecule has 1 aromatic carbocycles. The summed E-state index contributed by atoms with van der Waals surface area (Å²) in [5.41, 5.74) is 1.98. The fraction of sp³-hybridized carbons (Fsp3) is 0.533. The summed E-state index contributed by atoms with van der Waals surface area (Å²) in [4.78, 5) is 14.1. The Morgan fingerprint density at radius 1 is 1.33 bits per heavy atom. The molecule has 0 bridgehead atoms. The fourth-order valence-corrected chi connectivity index (χ4v) is 2.80. The van der Waals surface area contributed by atoms with Gasteiger partial charge in [-0.3, -0.25) is 9.69 Å². The predicted octanol–water partition coefficient (Wildman–Crippen LogP) is 1.15. The molecule has 0 aliphatic carbocycles. The van der Waals surface area contributed by atoms with E-state index in [1.54, 1.807) is 6.92 Å². The average Bonchev–Trinajstić information content (AvgIpc) is 2.38. The molecule has 118 valence electrons. The highest BCUT2D eigenvalue weighted by Crippen LogP contribution is 2.19. The minimum absolute atomic E-state index is 0.0246. The molecule has 0 saturated heterocycles. The zero-order valence-electron chi connectivity index (χ0n) is 13.1. The van der Waals surface area contributed by atoms with E-state index in [0.29, 0.717) is 0 Å². The third kappa shape index (κ3) is 5.47. The first kappa shape index (κ1) is 17.7. The highest BCUT2D eigenvalue weighted by Gasteiger charge is 2.23. The molecule has 0 saturated carbocycles. The second-order valence-electron chi connectivity index (χ2n) is 5.31. The van der Waals surface area contributed by atoms with Crippen LogP contribution in [0.3, 0.4) is 0 Å². The first-order chi connectivity index (χ1) is 9.76. The third-order valence-electron chi connectivity index (χ3n) is 3.27. The predicted molar refractivity (Wildman–Crippen MR) is 84.9 cm³/mol. The maximum Gasteiger partial charge on any atom is 0.241 e. The number of hydrogen-bond acceptors (Lipinski definition) is 4. The van der Waals surface area contributed by atoms with E-state index in [-0.39, 0.29) is 24.0 Å². The van der Waals surface area contributed by atoms with Gasteiger partial charge in [0.1, 0.15) is 6.04 Å². The van der Waals surface area contributed by atoms with E-state index in [1.807, 2.05) is 50.2 Å². The highest BCUT2D eigenvalue weighted by molar-refractivity contribution is 7.91. The van der Waals surface area contributed by atoms with Gasteiger partial charge in [0.25, 0.3) is 0 Å². The van der Waals surface area contributed by atoms with Crippen molar-refractivity contribution in [2.75, 3.05) is 32.1 Å². The van der Waals surface area contributed by atoms with E-state index < -0.39 is 15.9 Å². The van der Waals surface area contributed by atoms with E-state index in [0.717, 1.165) is 11.1 Å². The Morgan fingerprint density at radius 2 is 2.00 bits per heavy atom. The van der Waals surface area contributed by atoms with Crippen molar-refractivity contribution in [2.45, 2.75) is 19.9 Å². The molecule has 1 atom stereocenters. The van der Waals surface area contributed by atoms with Crippen molar-refractivity contribution in [1.29, 1.82) is 0 Å². The maximum absolute atomic E-state index is 12.3. The van der Waals surface area contributed by atoms with Crippen molar-refractivity contribution in [3.05, 3.63) is 35.4 Å². The average molecular weight is 312 g/mol. The van der Waals surface area contributed by atoms with Crippen LogP contribution in [-0.4, -0.2) is 51.4 Å². The van der Waals surface area contributed by atoms with Gasteiger partial charge in [0.05, 0.1) is 5.75 Å². The molecule has 0 unspecified atom stereocenters. The number of likely N-dealkylation sites (N-methyl/N-ethyl adjacent to an activating group) is 1. The van der Waals surface area contributed by atoms with Crippen LogP contribution in [0.1, 0.15) is 24.1 Å². The van der Waals surface area contributed by atoms with Crippen molar-refractivity contribution in [3.63, 3.8) is 0 Å². The number of carbonyl (C=O) groups is 1. The van der Waals surface area contributed by atoms with Gasteiger partial charge in [-0.1, -0.05) is 36.8 Å². The summed E-state index contributed by atoms with van der Waals surface area (Å²) >= 11 is 0. The zero-order chi connectivity index (χ0) is 16.0. The first-order valence-corrected chi connectivity index (χ1v) is 8.80. The van der Waals surface area contributed by atoms with Crippen LogP contribution in [0.4, 0.5) is 0 Å². The number of hydrogen-bond donors (Lipinski definition) is 1. The van der Waals surface area contributed by atoms with Gasteiger partial charge in [0.2, 0.25) is 5.91 Å². The monoisotopic (exact) mass is 312 g/mol. The standard InChI is InChI=1S/C15H24N2O3S/c1-5-21(19,20)10-9-16-15(18)14(17(3)4)13-8-6-7-12(2)11-13/h6-8,11,14H,5,9-10H2,1-4H3,(H,16,18)/t14-/m1/s1. The van der Waals surface area contributed by atoms with Crippen LogP contribution >= 0.6 is 0 Å². The number of rotatable bonds is 7.